The second kappa shape index (κ2) is 9.84. The van der Waals surface area contributed by atoms with Crippen LogP contribution in [0.25, 0.3) is 10.2 Å². The molecule has 3 rings (SSSR count). The maximum Gasteiger partial charge on any atom is 0.248 e. The molecule has 0 spiro atoms. The first kappa shape index (κ1) is 23.3. The van der Waals surface area contributed by atoms with Crippen LogP contribution in [0.5, 0.6) is 11.5 Å². The molecule has 0 aliphatic heterocycles. The van der Waals surface area contributed by atoms with E-state index in [9.17, 15) is 13.2 Å². The fraction of sp³-hybridized carbons (Fsp3) is 0.333. The van der Waals surface area contributed by atoms with Crippen molar-refractivity contribution in [2.24, 2.45) is 4.99 Å². The highest BCUT2D eigenvalue weighted by Gasteiger charge is 2.17. The molecule has 2 aromatic carbocycles. The summed E-state index contributed by atoms with van der Waals surface area (Å²) in [7, 11) is -0.316. The molecule has 1 amide bonds. The van der Waals surface area contributed by atoms with Crippen LogP contribution in [0.4, 0.5) is 0 Å². The second-order valence-electron chi connectivity index (χ2n) is 6.66. The first-order valence-corrected chi connectivity index (χ1v) is 12.5. The normalized spacial score (nSPS) is 12.3. The average molecular weight is 483 g/mol. The molecule has 0 bridgehead atoms. The van der Waals surface area contributed by atoms with Crippen molar-refractivity contribution in [1.29, 1.82) is 0 Å². The highest BCUT2D eigenvalue weighted by molar-refractivity contribution is 7.91. The number of hydrogen-bond donors (Lipinski definition) is 0. The molecule has 1 aromatic heterocycles. The molecule has 0 saturated carbocycles. The van der Waals surface area contributed by atoms with E-state index in [-0.39, 0.29) is 29.4 Å². The van der Waals surface area contributed by atoms with Crippen LogP contribution in [0.1, 0.15) is 19.8 Å². The third-order valence-electron chi connectivity index (χ3n) is 4.71. The number of fused-ring (bicyclic) bond motifs is 1. The van der Waals surface area contributed by atoms with Crippen molar-refractivity contribution in [1.82, 2.24) is 4.57 Å². The number of hydrogen-bond acceptors (Lipinski definition) is 6. The lowest BCUT2D eigenvalue weighted by Crippen LogP contribution is -2.16. The number of aromatic nitrogens is 1. The Bertz CT molecular complexity index is 1260. The number of benzene rings is 2. The van der Waals surface area contributed by atoms with Crippen molar-refractivity contribution in [2.45, 2.75) is 31.2 Å². The largest absolute Gasteiger partial charge is 0.495 e. The quantitative estimate of drug-likeness (QED) is 0.483. The predicted octanol–water partition coefficient (Wildman–Crippen LogP) is 4.07. The molecule has 0 radical (unpaired) electrons. The zero-order valence-corrected chi connectivity index (χ0v) is 19.8. The first-order valence-electron chi connectivity index (χ1n) is 9.61. The Kier molecular flexibility index (Phi) is 7.40. The van der Waals surface area contributed by atoms with Gasteiger partial charge in [-0.25, -0.2) is 8.42 Å². The number of amides is 1. The Morgan fingerprint density at radius 3 is 2.35 bits per heavy atom. The molecule has 0 aliphatic carbocycles. The van der Waals surface area contributed by atoms with Gasteiger partial charge in [-0.3, -0.25) is 4.79 Å². The van der Waals surface area contributed by atoms with Gasteiger partial charge < -0.3 is 14.0 Å². The number of carbonyl (C=O) groups excluding carboxylic acids is 1. The van der Waals surface area contributed by atoms with Gasteiger partial charge in [-0.05, 0) is 49.7 Å². The molecule has 0 fully saturated rings. The van der Waals surface area contributed by atoms with Gasteiger partial charge in [0.25, 0.3) is 0 Å². The maximum absolute atomic E-state index is 12.5. The second-order valence-corrected chi connectivity index (χ2v) is 10.2. The Morgan fingerprint density at radius 1 is 1.10 bits per heavy atom. The van der Waals surface area contributed by atoms with E-state index in [1.807, 2.05) is 23.6 Å². The number of methoxy groups -OCH3 is 2. The molecule has 0 saturated heterocycles. The fourth-order valence-electron chi connectivity index (χ4n) is 3.17. The van der Waals surface area contributed by atoms with Gasteiger partial charge >= 0.3 is 0 Å². The summed E-state index contributed by atoms with van der Waals surface area (Å²) in [4.78, 5) is 17.4. The maximum atomic E-state index is 12.5. The van der Waals surface area contributed by atoms with Crippen molar-refractivity contribution in [3.63, 3.8) is 0 Å². The van der Waals surface area contributed by atoms with Gasteiger partial charge in [0.05, 0.1) is 24.9 Å². The molecular weight excluding hydrogens is 460 g/mol. The van der Waals surface area contributed by atoms with Crippen molar-refractivity contribution in [3.05, 3.63) is 46.2 Å². The Labute approximate surface area is 189 Å². The van der Waals surface area contributed by atoms with E-state index in [4.69, 9.17) is 21.1 Å². The number of halogens is 1. The van der Waals surface area contributed by atoms with Gasteiger partial charge in [0.1, 0.15) is 21.7 Å². The van der Waals surface area contributed by atoms with Gasteiger partial charge in [-0.15, -0.1) is 0 Å². The minimum absolute atomic E-state index is 0.0268. The molecule has 0 unspecified atom stereocenters. The fourth-order valence-corrected chi connectivity index (χ4v) is 5.83. The van der Waals surface area contributed by atoms with Crippen LogP contribution >= 0.6 is 22.9 Å². The molecule has 7 nitrogen and oxygen atoms in total. The Morgan fingerprint density at radius 2 is 1.74 bits per heavy atom. The van der Waals surface area contributed by atoms with E-state index in [0.29, 0.717) is 27.9 Å². The standard InChI is InChI=1S/C21H23ClN2O5S2/c1-4-24-19-16(28-2)11-12-17(29-3)20(19)30-21(24)23-18(25)6-5-13-31(26,27)15-9-7-14(22)8-10-15/h7-12H,4-6,13H2,1-3H3. The molecule has 1 heterocycles. The number of nitrogens with zero attached hydrogens (tertiary/aromatic N) is 2. The van der Waals surface area contributed by atoms with Gasteiger partial charge in [0.2, 0.25) is 5.91 Å². The van der Waals surface area contributed by atoms with Crippen LogP contribution in [-0.4, -0.2) is 38.9 Å². The van der Waals surface area contributed by atoms with E-state index in [0.717, 1.165) is 10.2 Å². The molecular formula is C21H23ClN2O5S2. The van der Waals surface area contributed by atoms with Crippen LogP contribution < -0.4 is 14.3 Å². The molecule has 0 atom stereocenters. The summed E-state index contributed by atoms with van der Waals surface area (Å²) >= 11 is 7.14. The van der Waals surface area contributed by atoms with E-state index < -0.39 is 9.84 Å². The van der Waals surface area contributed by atoms with Gasteiger partial charge in [0, 0.05) is 18.0 Å². The lowest BCUT2D eigenvalue weighted by Gasteiger charge is -2.08. The minimum Gasteiger partial charge on any atom is -0.495 e. The highest BCUT2D eigenvalue weighted by atomic mass is 35.5. The van der Waals surface area contributed by atoms with Gasteiger partial charge in [0.15, 0.2) is 14.6 Å². The number of sulfone groups is 1. The summed E-state index contributed by atoms with van der Waals surface area (Å²) in [6.45, 7) is 2.54. The molecule has 3 aromatic rings. The van der Waals surface area contributed by atoms with Crippen molar-refractivity contribution >= 4 is 48.9 Å². The van der Waals surface area contributed by atoms with Crippen molar-refractivity contribution < 1.29 is 22.7 Å². The monoisotopic (exact) mass is 482 g/mol. The summed E-state index contributed by atoms with van der Waals surface area (Å²) in [5.74, 6) is 0.818. The minimum atomic E-state index is -3.49. The van der Waals surface area contributed by atoms with E-state index >= 15 is 0 Å². The first-order chi connectivity index (χ1) is 14.8. The van der Waals surface area contributed by atoms with Crippen LogP contribution in [0.3, 0.4) is 0 Å². The van der Waals surface area contributed by atoms with Crippen LogP contribution in [-0.2, 0) is 21.2 Å². The smallest absolute Gasteiger partial charge is 0.248 e. The number of aryl methyl sites for hydroxylation is 1. The zero-order valence-electron chi connectivity index (χ0n) is 17.4. The van der Waals surface area contributed by atoms with Gasteiger partial charge in [-0.1, -0.05) is 22.9 Å². The van der Waals surface area contributed by atoms with Crippen LogP contribution in [0.2, 0.25) is 5.02 Å². The SMILES string of the molecule is CCn1c(=NC(=O)CCCS(=O)(=O)c2ccc(Cl)cc2)sc2c(OC)ccc(OC)c21. The number of thiazole rings is 1. The zero-order chi connectivity index (χ0) is 22.6. The van der Waals surface area contributed by atoms with E-state index in [1.165, 1.54) is 35.6 Å². The molecule has 0 aliphatic rings. The summed E-state index contributed by atoms with van der Waals surface area (Å²) < 4.78 is 38.5. The number of rotatable bonds is 8. The molecule has 10 heteroatoms. The predicted molar refractivity (Wildman–Crippen MR) is 122 cm³/mol. The molecule has 0 N–H and O–H groups in total. The topological polar surface area (TPSA) is 87.0 Å². The summed E-state index contributed by atoms with van der Waals surface area (Å²) in [6.07, 6.45) is 0.204. The molecule has 166 valence electrons. The summed E-state index contributed by atoms with van der Waals surface area (Å²) in [5, 5.41) is 0.466. The Balaban J connectivity index is 1.82. The summed E-state index contributed by atoms with van der Waals surface area (Å²) in [5.41, 5.74) is 0.811. The highest BCUT2D eigenvalue weighted by Crippen LogP contribution is 2.35. The number of ether oxygens (including phenoxy) is 2. The lowest BCUT2D eigenvalue weighted by atomic mass is 10.3. The molecule has 31 heavy (non-hydrogen) atoms. The Hall–Kier alpha value is -2.36. The van der Waals surface area contributed by atoms with E-state index in [1.54, 1.807) is 14.2 Å². The number of carbonyl (C=O) groups is 1. The van der Waals surface area contributed by atoms with Crippen LogP contribution in [0.15, 0.2) is 46.3 Å². The van der Waals surface area contributed by atoms with Crippen molar-refractivity contribution in [3.8, 4) is 11.5 Å². The van der Waals surface area contributed by atoms with Crippen LogP contribution in [0, 0.1) is 0 Å². The van der Waals surface area contributed by atoms with E-state index in [2.05, 4.69) is 4.99 Å². The van der Waals surface area contributed by atoms with Crippen molar-refractivity contribution in [2.75, 3.05) is 20.0 Å². The average Bonchev–Trinajstić information content (AvgIpc) is 3.11. The third kappa shape index (κ3) is 5.11. The summed E-state index contributed by atoms with van der Waals surface area (Å²) in [6, 6.07) is 9.61. The van der Waals surface area contributed by atoms with Gasteiger partial charge in [-0.2, -0.15) is 4.99 Å². The lowest BCUT2D eigenvalue weighted by molar-refractivity contribution is -0.118. The third-order valence-corrected chi connectivity index (χ3v) is 7.87.